The summed E-state index contributed by atoms with van der Waals surface area (Å²) < 4.78 is 6.85. The fourth-order valence-electron chi connectivity index (χ4n) is 8.94. The number of carbonyl (C=O) groups is 1. The highest BCUT2D eigenvalue weighted by Crippen LogP contribution is 2.65. The summed E-state index contributed by atoms with van der Waals surface area (Å²) in [5, 5.41) is 3.74. The standard InChI is InChI=1S/C33H38N2O2/c1-32-18-16-26-24(20-34-28-19-23(36)15-17-33(26,28)2)25(32)13-14-27(32)31-35-29(21-9-5-3-6-10-21)30(37-31)22-11-7-4-8-12-22/h3-12,19,24-27,29-30,34H,13-18,20H2,1-2H3/t24-,25-,26-,27+,29+,30+,32-,33+/m0/s1. The van der Waals surface area contributed by atoms with E-state index >= 15 is 0 Å². The third-order valence-electron chi connectivity index (χ3n) is 11.0. The van der Waals surface area contributed by atoms with E-state index in [9.17, 15) is 4.79 Å². The molecule has 0 radical (unpaired) electrons. The van der Waals surface area contributed by atoms with Crippen LogP contribution in [0.3, 0.4) is 0 Å². The van der Waals surface area contributed by atoms with E-state index in [2.05, 4.69) is 79.8 Å². The minimum Gasteiger partial charge on any atom is -0.470 e. The molecule has 2 aliphatic heterocycles. The van der Waals surface area contributed by atoms with Crippen molar-refractivity contribution in [1.29, 1.82) is 0 Å². The van der Waals surface area contributed by atoms with Crippen molar-refractivity contribution in [2.24, 2.45) is 39.5 Å². The van der Waals surface area contributed by atoms with Gasteiger partial charge in [-0.15, -0.1) is 0 Å². The fourth-order valence-corrected chi connectivity index (χ4v) is 8.94. The van der Waals surface area contributed by atoms with Gasteiger partial charge in [-0.2, -0.15) is 0 Å². The molecule has 2 saturated carbocycles. The second-order valence-corrected chi connectivity index (χ2v) is 12.6. The zero-order valence-electron chi connectivity index (χ0n) is 22.0. The van der Waals surface area contributed by atoms with Gasteiger partial charge in [-0.1, -0.05) is 74.5 Å². The number of benzene rings is 2. The molecule has 3 fully saturated rings. The molecule has 37 heavy (non-hydrogen) atoms. The largest absolute Gasteiger partial charge is 0.470 e. The first kappa shape index (κ1) is 23.3. The normalized spacial score (nSPS) is 40.4. The van der Waals surface area contributed by atoms with Gasteiger partial charge in [-0.25, -0.2) is 4.99 Å². The van der Waals surface area contributed by atoms with E-state index in [-0.39, 0.29) is 28.8 Å². The van der Waals surface area contributed by atoms with Gasteiger partial charge in [0.05, 0.1) is 0 Å². The zero-order valence-corrected chi connectivity index (χ0v) is 22.0. The Labute approximate surface area is 220 Å². The van der Waals surface area contributed by atoms with Crippen molar-refractivity contribution in [3.05, 3.63) is 83.6 Å². The molecular weight excluding hydrogens is 456 g/mol. The van der Waals surface area contributed by atoms with Crippen molar-refractivity contribution >= 4 is 11.7 Å². The number of nitrogens with zero attached hydrogens (tertiary/aromatic N) is 1. The Balaban J connectivity index is 1.19. The molecule has 4 nitrogen and oxygen atoms in total. The Morgan fingerprint density at radius 2 is 1.62 bits per heavy atom. The van der Waals surface area contributed by atoms with E-state index in [4.69, 9.17) is 9.73 Å². The van der Waals surface area contributed by atoms with Crippen LogP contribution in [0.4, 0.5) is 0 Å². The minimum atomic E-state index is -0.0691. The Morgan fingerprint density at radius 3 is 2.38 bits per heavy atom. The van der Waals surface area contributed by atoms with Gasteiger partial charge in [0, 0.05) is 36.1 Å². The van der Waals surface area contributed by atoms with Crippen LogP contribution in [0.15, 0.2) is 77.4 Å². The van der Waals surface area contributed by atoms with E-state index in [0.29, 0.717) is 30.1 Å². The van der Waals surface area contributed by atoms with Gasteiger partial charge in [0.1, 0.15) is 6.04 Å². The van der Waals surface area contributed by atoms with Gasteiger partial charge in [0.2, 0.25) is 0 Å². The number of hydrogen-bond donors (Lipinski definition) is 1. The lowest BCUT2D eigenvalue weighted by molar-refractivity contribution is -0.117. The number of allylic oxidation sites excluding steroid dienone is 2. The van der Waals surface area contributed by atoms with Crippen LogP contribution in [0.1, 0.15) is 75.6 Å². The summed E-state index contributed by atoms with van der Waals surface area (Å²) in [7, 11) is 0. The monoisotopic (exact) mass is 494 g/mol. The molecule has 4 heteroatoms. The van der Waals surface area contributed by atoms with Gasteiger partial charge in [-0.05, 0) is 66.4 Å². The first-order valence-corrected chi connectivity index (χ1v) is 14.3. The number of fused-ring (bicyclic) bond motifs is 5. The summed E-state index contributed by atoms with van der Waals surface area (Å²) in [4.78, 5) is 17.5. The van der Waals surface area contributed by atoms with E-state index in [0.717, 1.165) is 25.3 Å². The lowest BCUT2D eigenvalue weighted by Gasteiger charge is -2.58. The molecule has 0 bridgehead atoms. The predicted octanol–water partition coefficient (Wildman–Crippen LogP) is 6.81. The molecule has 1 N–H and O–H groups in total. The molecule has 1 saturated heterocycles. The van der Waals surface area contributed by atoms with E-state index in [1.54, 1.807) is 0 Å². The summed E-state index contributed by atoms with van der Waals surface area (Å²) in [5.41, 5.74) is 3.97. The molecule has 3 aliphatic carbocycles. The van der Waals surface area contributed by atoms with Crippen LogP contribution in [0.25, 0.3) is 0 Å². The summed E-state index contributed by atoms with van der Waals surface area (Å²) in [5.74, 6) is 3.62. The van der Waals surface area contributed by atoms with Crippen LogP contribution in [0, 0.1) is 34.5 Å². The molecular formula is C33H38N2O2. The maximum atomic E-state index is 12.2. The quantitative estimate of drug-likeness (QED) is 0.510. The molecule has 0 amide bonds. The maximum absolute atomic E-state index is 12.2. The molecule has 0 spiro atoms. The summed E-state index contributed by atoms with van der Waals surface area (Å²) in [6, 6.07) is 21.3. The maximum Gasteiger partial charge on any atom is 0.188 e. The Hall–Kier alpha value is -2.88. The Bertz CT molecular complexity index is 1250. The van der Waals surface area contributed by atoms with Gasteiger partial charge < -0.3 is 10.1 Å². The summed E-state index contributed by atoms with van der Waals surface area (Å²) in [6.07, 6.45) is 8.38. The van der Waals surface area contributed by atoms with Crippen molar-refractivity contribution < 1.29 is 9.53 Å². The highest BCUT2D eigenvalue weighted by Gasteiger charge is 2.61. The van der Waals surface area contributed by atoms with Crippen LogP contribution in [-0.2, 0) is 9.53 Å². The number of aliphatic imine (C=N–C) groups is 1. The SMILES string of the molecule is C[C@]12CC[C@H]3[C@@H](CNC4=CC(=O)CC[C@@]43C)[C@@H]1CC[C@@H]2C1=N[C@H](c2ccccc2)[C@@H](c2ccccc2)O1. The summed E-state index contributed by atoms with van der Waals surface area (Å²) >= 11 is 0. The van der Waals surface area contributed by atoms with E-state index < -0.39 is 0 Å². The van der Waals surface area contributed by atoms with Crippen LogP contribution in [-0.4, -0.2) is 18.2 Å². The molecule has 192 valence electrons. The van der Waals surface area contributed by atoms with Gasteiger partial charge in [-0.3, -0.25) is 4.79 Å². The predicted molar refractivity (Wildman–Crippen MR) is 146 cm³/mol. The van der Waals surface area contributed by atoms with Crippen molar-refractivity contribution in [3.63, 3.8) is 0 Å². The lowest BCUT2D eigenvalue weighted by atomic mass is 9.50. The third kappa shape index (κ3) is 3.55. The summed E-state index contributed by atoms with van der Waals surface area (Å²) in [6.45, 7) is 5.95. The first-order valence-electron chi connectivity index (χ1n) is 14.3. The average Bonchev–Trinajstić information content (AvgIpc) is 3.51. The Kier molecular flexibility index (Phi) is 5.39. The highest BCUT2D eigenvalue weighted by molar-refractivity contribution is 5.91. The fraction of sp³-hybridized carbons (Fsp3) is 0.515. The van der Waals surface area contributed by atoms with E-state index in [1.165, 1.54) is 36.1 Å². The number of ketones is 1. The number of nitrogens with one attached hydrogen (secondary N) is 1. The molecule has 2 aromatic rings. The molecule has 2 aromatic carbocycles. The van der Waals surface area contributed by atoms with Gasteiger partial charge >= 0.3 is 0 Å². The van der Waals surface area contributed by atoms with Crippen molar-refractivity contribution in [3.8, 4) is 0 Å². The lowest BCUT2D eigenvalue weighted by Crippen LogP contribution is -2.57. The number of ether oxygens (including phenoxy) is 1. The third-order valence-corrected chi connectivity index (χ3v) is 11.0. The molecule has 2 heterocycles. The van der Waals surface area contributed by atoms with Gasteiger partial charge in [0.15, 0.2) is 17.8 Å². The average molecular weight is 495 g/mol. The molecule has 8 atom stereocenters. The van der Waals surface area contributed by atoms with E-state index in [1.807, 2.05) is 6.08 Å². The van der Waals surface area contributed by atoms with Gasteiger partial charge in [0.25, 0.3) is 0 Å². The molecule has 0 aromatic heterocycles. The smallest absolute Gasteiger partial charge is 0.188 e. The van der Waals surface area contributed by atoms with Crippen molar-refractivity contribution in [1.82, 2.24) is 5.32 Å². The Morgan fingerprint density at radius 1 is 0.892 bits per heavy atom. The molecule has 7 rings (SSSR count). The first-order chi connectivity index (χ1) is 18.0. The zero-order chi connectivity index (χ0) is 25.2. The highest BCUT2D eigenvalue weighted by atomic mass is 16.5. The topological polar surface area (TPSA) is 50.7 Å². The molecule has 0 unspecified atom stereocenters. The second-order valence-electron chi connectivity index (χ2n) is 12.6. The minimum absolute atomic E-state index is 0.000295. The van der Waals surface area contributed by atoms with Crippen LogP contribution < -0.4 is 5.32 Å². The number of hydrogen-bond acceptors (Lipinski definition) is 4. The van der Waals surface area contributed by atoms with Crippen molar-refractivity contribution in [2.45, 2.75) is 64.5 Å². The number of carbonyl (C=O) groups excluding carboxylic acids is 1. The second kappa shape index (κ2) is 8.58. The van der Waals surface area contributed by atoms with Crippen LogP contribution in [0.5, 0.6) is 0 Å². The molecule has 5 aliphatic rings. The number of rotatable bonds is 3. The van der Waals surface area contributed by atoms with Crippen LogP contribution >= 0.6 is 0 Å². The van der Waals surface area contributed by atoms with Crippen LogP contribution in [0.2, 0.25) is 0 Å². The van der Waals surface area contributed by atoms with Crippen molar-refractivity contribution in [2.75, 3.05) is 6.54 Å². The number of piperidine rings is 1.